The number of rotatable bonds is 4. The monoisotopic (exact) mass is 333 g/mol. The molecular formula is C18H11N3O2S. The molecule has 0 aliphatic heterocycles. The predicted octanol–water partition coefficient (Wildman–Crippen LogP) is 4.82. The number of nitro benzene ring substituents is 1. The number of benzene rings is 2. The smallest absolute Gasteiger partial charge is 0.258 e. The van der Waals surface area contributed by atoms with E-state index < -0.39 is 4.92 Å². The Hall–Kier alpha value is -3.30. The van der Waals surface area contributed by atoms with Crippen LogP contribution in [0.5, 0.6) is 0 Å². The molecule has 0 saturated carbocycles. The average Bonchev–Trinajstić information content (AvgIpc) is 3.02. The van der Waals surface area contributed by atoms with Gasteiger partial charge in [-0.25, -0.2) is 4.98 Å². The Balaban J connectivity index is 1.92. The highest BCUT2D eigenvalue weighted by atomic mass is 32.1. The van der Waals surface area contributed by atoms with Crippen LogP contribution in [-0.4, -0.2) is 9.91 Å². The topological polar surface area (TPSA) is 79.8 Å². The fourth-order valence-electron chi connectivity index (χ4n) is 2.19. The molecule has 3 rings (SSSR count). The Morgan fingerprint density at radius 1 is 1.21 bits per heavy atom. The number of thiazole rings is 1. The van der Waals surface area contributed by atoms with Gasteiger partial charge >= 0.3 is 0 Å². The Kier molecular flexibility index (Phi) is 4.45. The van der Waals surface area contributed by atoms with E-state index in [9.17, 15) is 15.4 Å². The molecule has 2 aromatic carbocycles. The van der Waals surface area contributed by atoms with Crippen molar-refractivity contribution >= 4 is 38.9 Å². The lowest BCUT2D eigenvalue weighted by Crippen LogP contribution is -1.90. The molecule has 0 spiro atoms. The zero-order valence-electron chi connectivity index (χ0n) is 12.4. The molecule has 116 valence electrons. The molecule has 24 heavy (non-hydrogen) atoms. The summed E-state index contributed by atoms with van der Waals surface area (Å²) in [6, 6.07) is 16.3. The summed E-state index contributed by atoms with van der Waals surface area (Å²) in [4.78, 5) is 15.0. The number of allylic oxidation sites excluding steroid dienone is 3. The van der Waals surface area contributed by atoms with Crippen molar-refractivity contribution in [1.82, 2.24) is 4.98 Å². The van der Waals surface area contributed by atoms with E-state index in [-0.39, 0.29) is 5.69 Å². The number of hydrogen-bond donors (Lipinski definition) is 0. The third-order valence-corrected chi connectivity index (χ3v) is 4.39. The standard InChI is InChI=1S/C18H11N3O2S/c19-12-14(18-20-15-9-2-4-11-17(15)24-18)8-5-7-13-6-1-3-10-16(13)21(22)23/h1-11H/b7-5+,14-8-. The maximum Gasteiger partial charge on any atom is 0.276 e. The van der Waals surface area contributed by atoms with Crippen molar-refractivity contribution in [2.45, 2.75) is 0 Å². The molecular weight excluding hydrogens is 322 g/mol. The molecule has 0 amide bonds. The van der Waals surface area contributed by atoms with Gasteiger partial charge < -0.3 is 0 Å². The van der Waals surface area contributed by atoms with Crippen LogP contribution in [0.25, 0.3) is 21.9 Å². The van der Waals surface area contributed by atoms with Crippen LogP contribution in [0.4, 0.5) is 5.69 Å². The van der Waals surface area contributed by atoms with E-state index in [2.05, 4.69) is 11.1 Å². The Morgan fingerprint density at radius 2 is 1.96 bits per heavy atom. The number of nitro groups is 1. The number of nitriles is 1. The summed E-state index contributed by atoms with van der Waals surface area (Å²) >= 11 is 1.44. The average molecular weight is 333 g/mol. The van der Waals surface area contributed by atoms with Crippen molar-refractivity contribution in [1.29, 1.82) is 5.26 Å². The molecule has 3 aromatic rings. The summed E-state index contributed by atoms with van der Waals surface area (Å²) in [5.74, 6) is 0. The fourth-order valence-corrected chi connectivity index (χ4v) is 3.13. The van der Waals surface area contributed by atoms with Crippen LogP contribution in [0.3, 0.4) is 0 Å². The van der Waals surface area contributed by atoms with Gasteiger partial charge in [-0.3, -0.25) is 10.1 Å². The third-order valence-electron chi connectivity index (χ3n) is 3.32. The first-order chi connectivity index (χ1) is 11.7. The lowest BCUT2D eigenvalue weighted by Gasteiger charge is -1.95. The van der Waals surface area contributed by atoms with Gasteiger partial charge in [0.15, 0.2) is 0 Å². The SMILES string of the molecule is N#C/C(=C/C=C/c1ccccc1[N+](=O)[O-])c1nc2ccccc2s1. The van der Waals surface area contributed by atoms with E-state index in [1.54, 1.807) is 36.4 Å². The molecule has 0 saturated heterocycles. The molecule has 1 aromatic heterocycles. The highest BCUT2D eigenvalue weighted by Gasteiger charge is 2.09. The van der Waals surface area contributed by atoms with E-state index in [4.69, 9.17) is 0 Å². The predicted molar refractivity (Wildman–Crippen MR) is 95.3 cm³/mol. The minimum Gasteiger partial charge on any atom is -0.258 e. The molecule has 0 bridgehead atoms. The van der Waals surface area contributed by atoms with Crippen molar-refractivity contribution in [3.8, 4) is 6.07 Å². The van der Waals surface area contributed by atoms with Crippen molar-refractivity contribution in [3.05, 3.63) is 81.4 Å². The maximum atomic E-state index is 11.0. The molecule has 0 atom stereocenters. The van der Waals surface area contributed by atoms with Crippen LogP contribution >= 0.6 is 11.3 Å². The van der Waals surface area contributed by atoms with Crippen LogP contribution < -0.4 is 0 Å². The van der Waals surface area contributed by atoms with E-state index in [0.29, 0.717) is 16.1 Å². The zero-order chi connectivity index (χ0) is 16.9. The minimum absolute atomic E-state index is 0.0284. The van der Waals surface area contributed by atoms with Crippen LogP contribution in [-0.2, 0) is 0 Å². The molecule has 0 aliphatic rings. The highest BCUT2D eigenvalue weighted by molar-refractivity contribution is 7.19. The van der Waals surface area contributed by atoms with E-state index >= 15 is 0 Å². The first-order valence-corrected chi connectivity index (χ1v) is 7.88. The fraction of sp³-hybridized carbons (Fsp3) is 0. The zero-order valence-corrected chi connectivity index (χ0v) is 13.2. The second kappa shape index (κ2) is 6.86. The molecule has 0 unspecified atom stereocenters. The normalized spacial score (nSPS) is 11.7. The molecule has 0 radical (unpaired) electrons. The van der Waals surface area contributed by atoms with Gasteiger partial charge in [-0.05, 0) is 30.4 Å². The lowest BCUT2D eigenvalue weighted by molar-refractivity contribution is -0.385. The number of para-hydroxylation sites is 2. The summed E-state index contributed by atoms with van der Waals surface area (Å²) < 4.78 is 1.01. The van der Waals surface area contributed by atoms with Crippen LogP contribution in [0, 0.1) is 21.4 Å². The maximum absolute atomic E-state index is 11.0. The largest absolute Gasteiger partial charge is 0.276 e. The third kappa shape index (κ3) is 3.21. The van der Waals surface area contributed by atoms with Gasteiger partial charge in [-0.15, -0.1) is 11.3 Å². The summed E-state index contributed by atoms with van der Waals surface area (Å²) in [6.07, 6.45) is 4.87. The molecule has 5 nitrogen and oxygen atoms in total. The molecule has 0 aliphatic carbocycles. The van der Waals surface area contributed by atoms with Crippen LogP contribution in [0.2, 0.25) is 0 Å². The number of hydrogen-bond acceptors (Lipinski definition) is 5. The second-order valence-electron chi connectivity index (χ2n) is 4.85. The van der Waals surface area contributed by atoms with E-state index in [1.807, 2.05) is 24.3 Å². The van der Waals surface area contributed by atoms with Crippen molar-refractivity contribution in [2.24, 2.45) is 0 Å². The number of nitrogens with zero attached hydrogens (tertiary/aromatic N) is 3. The van der Waals surface area contributed by atoms with Gasteiger partial charge in [-0.2, -0.15) is 5.26 Å². The van der Waals surface area contributed by atoms with Crippen molar-refractivity contribution in [2.75, 3.05) is 0 Å². The molecule has 0 fully saturated rings. The van der Waals surface area contributed by atoms with Crippen LogP contribution in [0.1, 0.15) is 10.6 Å². The second-order valence-corrected chi connectivity index (χ2v) is 5.88. The Labute approximate surface area is 142 Å². The van der Waals surface area contributed by atoms with Gasteiger partial charge in [-0.1, -0.05) is 30.3 Å². The minimum atomic E-state index is -0.428. The molecule has 1 heterocycles. The molecule has 6 heteroatoms. The van der Waals surface area contributed by atoms with Gasteiger partial charge in [0.05, 0.1) is 26.3 Å². The van der Waals surface area contributed by atoms with Gasteiger partial charge in [0, 0.05) is 6.07 Å². The summed E-state index contributed by atoms with van der Waals surface area (Å²) in [7, 11) is 0. The first kappa shape index (κ1) is 15.6. The van der Waals surface area contributed by atoms with E-state index in [0.717, 1.165) is 10.2 Å². The lowest BCUT2D eigenvalue weighted by atomic mass is 10.1. The van der Waals surface area contributed by atoms with Gasteiger partial charge in [0.1, 0.15) is 11.1 Å². The Morgan fingerprint density at radius 3 is 2.71 bits per heavy atom. The number of fused-ring (bicyclic) bond motifs is 1. The number of aromatic nitrogens is 1. The quantitative estimate of drug-likeness (QED) is 0.296. The highest BCUT2D eigenvalue weighted by Crippen LogP contribution is 2.27. The summed E-state index contributed by atoms with van der Waals surface area (Å²) in [5, 5.41) is 21.0. The first-order valence-electron chi connectivity index (χ1n) is 7.07. The summed E-state index contributed by atoms with van der Waals surface area (Å²) in [5.41, 5.74) is 1.79. The van der Waals surface area contributed by atoms with Crippen molar-refractivity contribution < 1.29 is 4.92 Å². The summed E-state index contributed by atoms with van der Waals surface area (Å²) in [6.45, 7) is 0. The molecule has 0 N–H and O–H groups in total. The Bertz CT molecular complexity index is 979. The van der Waals surface area contributed by atoms with E-state index in [1.165, 1.54) is 17.4 Å². The van der Waals surface area contributed by atoms with Gasteiger partial charge in [0.2, 0.25) is 0 Å². The van der Waals surface area contributed by atoms with Gasteiger partial charge in [0.25, 0.3) is 5.69 Å². The van der Waals surface area contributed by atoms with Crippen LogP contribution in [0.15, 0.2) is 60.7 Å². The van der Waals surface area contributed by atoms with Crippen molar-refractivity contribution in [3.63, 3.8) is 0 Å².